The maximum Gasteiger partial charge on any atom is 0.0729 e. The summed E-state index contributed by atoms with van der Waals surface area (Å²) >= 11 is 6.44. The van der Waals surface area contributed by atoms with Crippen LogP contribution in [-0.2, 0) is 0 Å². The molecule has 2 saturated heterocycles. The summed E-state index contributed by atoms with van der Waals surface area (Å²) < 4.78 is 0. The van der Waals surface area contributed by atoms with Crippen LogP contribution in [0, 0.1) is 0 Å². The second-order valence-corrected chi connectivity index (χ2v) is 7.07. The second-order valence-electron chi connectivity index (χ2n) is 6.57. The van der Waals surface area contributed by atoms with Gasteiger partial charge in [0.05, 0.1) is 5.38 Å². The molecule has 118 valence electrons. The standard InChI is InChI=1S/C16H27ClN4/c1-19-6-4-14(5-7-19)20-8-10-21(11-9-20)16-3-2-13(18)12-15(16)17/h2-3,12,14-16H,4-11,18H2,1H3. The third-order valence-electron chi connectivity index (χ3n) is 5.14. The highest BCUT2D eigenvalue weighted by molar-refractivity contribution is 6.22. The maximum absolute atomic E-state index is 6.44. The van der Waals surface area contributed by atoms with Gasteiger partial charge in [0.15, 0.2) is 0 Å². The maximum atomic E-state index is 6.44. The minimum atomic E-state index is 0.00452. The highest BCUT2D eigenvalue weighted by Crippen LogP contribution is 2.23. The zero-order chi connectivity index (χ0) is 14.8. The number of hydrogen-bond acceptors (Lipinski definition) is 4. The van der Waals surface area contributed by atoms with Gasteiger partial charge in [0.2, 0.25) is 0 Å². The van der Waals surface area contributed by atoms with Crippen molar-refractivity contribution < 1.29 is 0 Å². The summed E-state index contributed by atoms with van der Waals surface area (Å²) in [5, 5.41) is 0.00452. The number of nitrogens with two attached hydrogens (primary N) is 1. The van der Waals surface area contributed by atoms with E-state index in [1.54, 1.807) is 0 Å². The Labute approximate surface area is 133 Å². The average molecular weight is 311 g/mol. The van der Waals surface area contributed by atoms with E-state index in [2.05, 4.69) is 27.8 Å². The molecule has 2 aliphatic heterocycles. The molecule has 2 atom stereocenters. The molecule has 0 spiro atoms. The third kappa shape index (κ3) is 3.62. The Hall–Kier alpha value is -0.550. The summed E-state index contributed by atoms with van der Waals surface area (Å²) in [5.74, 6) is 0. The molecule has 5 heteroatoms. The Morgan fingerprint density at radius 3 is 2.29 bits per heavy atom. The van der Waals surface area contributed by atoms with Crippen molar-refractivity contribution in [3.05, 3.63) is 23.9 Å². The number of piperidine rings is 1. The lowest BCUT2D eigenvalue weighted by Crippen LogP contribution is -2.56. The van der Waals surface area contributed by atoms with E-state index in [4.69, 9.17) is 17.3 Å². The average Bonchev–Trinajstić information content (AvgIpc) is 2.48. The molecule has 2 heterocycles. The van der Waals surface area contributed by atoms with Crippen molar-refractivity contribution in [1.82, 2.24) is 14.7 Å². The molecule has 3 aliphatic rings. The van der Waals surface area contributed by atoms with Crippen molar-refractivity contribution in [2.24, 2.45) is 5.73 Å². The van der Waals surface area contributed by atoms with E-state index in [1.165, 1.54) is 39.0 Å². The van der Waals surface area contributed by atoms with Gasteiger partial charge in [-0.2, -0.15) is 0 Å². The van der Waals surface area contributed by atoms with Crippen molar-refractivity contribution in [1.29, 1.82) is 0 Å². The Bertz CT molecular complexity index is 407. The highest BCUT2D eigenvalue weighted by atomic mass is 35.5. The molecule has 2 fully saturated rings. The van der Waals surface area contributed by atoms with Crippen molar-refractivity contribution in [2.75, 3.05) is 46.3 Å². The van der Waals surface area contributed by atoms with Crippen molar-refractivity contribution in [3.8, 4) is 0 Å². The summed E-state index contributed by atoms with van der Waals surface area (Å²) in [7, 11) is 2.23. The molecule has 0 amide bonds. The fraction of sp³-hybridized carbons (Fsp3) is 0.750. The number of hydrogen-bond donors (Lipinski definition) is 1. The van der Waals surface area contributed by atoms with Gasteiger partial charge in [-0.25, -0.2) is 0 Å². The van der Waals surface area contributed by atoms with Crippen LogP contribution in [0.5, 0.6) is 0 Å². The van der Waals surface area contributed by atoms with E-state index < -0.39 is 0 Å². The summed E-state index contributed by atoms with van der Waals surface area (Å²) in [6.45, 7) is 7.04. The fourth-order valence-corrected chi connectivity index (χ4v) is 4.13. The molecule has 0 saturated carbocycles. The van der Waals surface area contributed by atoms with Gasteiger partial charge in [-0.15, -0.1) is 11.6 Å². The number of halogens is 1. The van der Waals surface area contributed by atoms with E-state index >= 15 is 0 Å². The van der Waals surface area contributed by atoms with Gasteiger partial charge < -0.3 is 10.6 Å². The first-order valence-electron chi connectivity index (χ1n) is 8.10. The molecule has 0 aromatic carbocycles. The van der Waals surface area contributed by atoms with Gasteiger partial charge in [-0.1, -0.05) is 6.08 Å². The third-order valence-corrected chi connectivity index (χ3v) is 5.52. The fourth-order valence-electron chi connectivity index (χ4n) is 3.74. The molecule has 0 aromatic heterocycles. The molecule has 21 heavy (non-hydrogen) atoms. The molecule has 3 rings (SSSR count). The van der Waals surface area contributed by atoms with Crippen LogP contribution in [0.4, 0.5) is 0 Å². The number of allylic oxidation sites excluding steroid dienone is 1. The van der Waals surface area contributed by atoms with Gasteiger partial charge in [-0.05, 0) is 45.1 Å². The van der Waals surface area contributed by atoms with Crippen LogP contribution in [0.1, 0.15) is 12.8 Å². The lowest BCUT2D eigenvalue weighted by molar-refractivity contribution is 0.0552. The van der Waals surface area contributed by atoms with Crippen LogP contribution in [0.3, 0.4) is 0 Å². The number of alkyl halides is 1. The predicted molar refractivity (Wildman–Crippen MR) is 88.5 cm³/mol. The normalized spacial score (nSPS) is 34.1. The predicted octanol–water partition coefficient (Wildman–Crippen LogP) is 1.09. The zero-order valence-electron chi connectivity index (χ0n) is 12.9. The molecule has 2 unspecified atom stereocenters. The van der Waals surface area contributed by atoms with Gasteiger partial charge in [-0.3, -0.25) is 9.80 Å². The molecule has 0 bridgehead atoms. The molecule has 0 aromatic rings. The van der Waals surface area contributed by atoms with Crippen LogP contribution < -0.4 is 5.73 Å². The van der Waals surface area contributed by atoms with Crippen LogP contribution in [-0.4, -0.2) is 78.5 Å². The van der Waals surface area contributed by atoms with Crippen LogP contribution in [0.15, 0.2) is 23.9 Å². The summed E-state index contributed by atoms with van der Waals surface area (Å²) in [4.78, 5) is 7.63. The lowest BCUT2D eigenvalue weighted by Gasteiger charge is -2.44. The Morgan fingerprint density at radius 1 is 1.05 bits per heavy atom. The summed E-state index contributed by atoms with van der Waals surface area (Å²) in [6, 6.07) is 1.09. The highest BCUT2D eigenvalue weighted by Gasteiger charge is 2.31. The molecule has 1 aliphatic carbocycles. The van der Waals surface area contributed by atoms with E-state index in [-0.39, 0.29) is 5.38 Å². The Balaban J connectivity index is 1.50. The lowest BCUT2D eigenvalue weighted by atomic mass is 10.0. The van der Waals surface area contributed by atoms with Gasteiger partial charge in [0, 0.05) is 44.0 Å². The van der Waals surface area contributed by atoms with E-state index in [0.29, 0.717) is 6.04 Å². The van der Waals surface area contributed by atoms with E-state index in [0.717, 1.165) is 24.8 Å². The zero-order valence-corrected chi connectivity index (χ0v) is 13.7. The topological polar surface area (TPSA) is 35.7 Å². The minimum absolute atomic E-state index is 0.00452. The summed E-state index contributed by atoms with van der Waals surface area (Å²) in [5.41, 5.74) is 6.59. The van der Waals surface area contributed by atoms with Gasteiger partial charge in [0.1, 0.15) is 0 Å². The number of piperazine rings is 1. The summed E-state index contributed by atoms with van der Waals surface area (Å²) in [6.07, 6.45) is 8.76. The molecule has 2 N–H and O–H groups in total. The van der Waals surface area contributed by atoms with Crippen molar-refractivity contribution >= 4 is 11.6 Å². The molecule has 0 radical (unpaired) electrons. The van der Waals surface area contributed by atoms with Gasteiger partial charge in [0.25, 0.3) is 0 Å². The van der Waals surface area contributed by atoms with Crippen LogP contribution in [0.25, 0.3) is 0 Å². The SMILES string of the molecule is CN1CCC(N2CCN(C3C=CC(N)=CC3Cl)CC2)CC1. The van der Waals surface area contributed by atoms with Crippen molar-refractivity contribution in [2.45, 2.75) is 30.3 Å². The number of nitrogens with zero attached hydrogens (tertiary/aromatic N) is 3. The molecular weight excluding hydrogens is 284 g/mol. The van der Waals surface area contributed by atoms with Gasteiger partial charge >= 0.3 is 0 Å². The Kier molecular flexibility index (Phi) is 4.89. The first-order valence-corrected chi connectivity index (χ1v) is 8.53. The first-order chi connectivity index (χ1) is 10.1. The number of rotatable bonds is 2. The van der Waals surface area contributed by atoms with Crippen LogP contribution in [0.2, 0.25) is 0 Å². The van der Waals surface area contributed by atoms with Crippen LogP contribution >= 0.6 is 11.6 Å². The molecule has 4 nitrogen and oxygen atoms in total. The number of likely N-dealkylation sites (tertiary alicyclic amines) is 1. The minimum Gasteiger partial charge on any atom is -0.399 e. The quantitative estimate of drug-likeness (QED) is 0.775. The second kappa shape index (κ2) is 6.69. The Morgan fingerprint density at radius 2 is 1.67 bits per heavy atom. The largest absolute Gasteiger partial charge is 0.399 e. The molecular formula is C16H27ClN4. The monoisotopic (exact) mass is 310 g/mol. The smallest absolute Gasteiger partial charge is 0.0729 e. The first kappa shape index (κ1) is 15.3. The van der Waals surface area contributed by atoms with E-state index in [9.17, 15) is 0 Å². The van der Waals surface area contributed by atoms with E-state index in [1.807, 2.05) is 12.2 Å². The van der Waals surface area contributed by atoms with Crippen molar-refractivity contribution in [3.63, 3.8) is 0 Å².